The molecule has 3 rings (SSSR count). The number of rotatable bonds is 3. The number of hydrogen-bond donors (Lipinski definition) is 2. The molecule has 1 saturated carbocycles. The van der Waals surface area contributed by atoms with Gasteiger partial charge in [0, 0.05) is 24.6 Å². The zero-order chi connectivity index (χ0) is 15.6. The van der Waals surface area contributed by atoms with Crippen LogP contribution in [0.4, 0.5) is 4.79 Å². The third kappa shape index (κ3) is 2.88. The molecule has 0 aromatic carbocycles. The maximum atomic E-state index is 12.5. The Labute approximate surface area is 134 Å². The Morgan fingerprint density at radius 1 is 1.27 bits per heavy atom. The average Bonchev–Trinajstić information content (AvgIpc) is 3.09. The van der Waals surface area contributed by atoms with E-state index in [1.54, 1.807) is 0 Å². The van der Waals surface area contributed by atoms with Crippen molar-refractivity contribution in [2.75, 3.05) is 37.7 Å². The van der Waals surface area contributed by atoms with Gasteiger partial charge >= 0.3 is 6.03 Å². The van der Waals surface area contributed by atoms with E-state index in [4.69, 9.17) is 5.73 Å². The molecule has 122 valence electrons. The summed E-state index contributed by atoms with van der Waals surface area (Å²) in [5.74, 6) is 2.55. The highest BCUT2D eigenvalue weighted by atomic mass is 32.2. The molecule has 3 fully saturated rings. The lowest BCUT2D eigenvalue weighted by Gasteiger charge is -2.27. The molecule has 22 heavy (non-hydrogen) atoms. The van der Waals surface area contributed by atoms with E-state index in [0.717, 1.165) is 50.3 Å². The fourth-order valence-electron chi connectivity index (χ4n) is 3.35. The highest BCUT2D eigenvalue weighted by Gasteiger charge is 2.52. The van der Waals surface area contributed by atoms with Crippen molar-refractivity contribution in [2.24, 2.45) is 10.7 Å². The van der Waals surface area contributed by atoms with Crippen LogP contribution in [-0.2, 0) is 4.79 Å². The molecule has 0 aromatic rings. The number of amides is 3. The molecule has 1 spiro atoms. The zero-order valence-electron chi connectivity index (χ0n) is 12.7. The molecule has 3 N–H and O–H groups in total. The van der Waals surface area contributed by atoms with Crippen LogP contribution in [0.1, 0.15) is 25.7 Å². The van der Waals surface area contributed by atoms with Gasteiger partial charge in [-0.2, -0.15) is 11.8 Å². The Hall–Kier alpha value is -1.44. The first-order valence-corrected chi connectivity index (χ1v) is 9.05. The van der Waals surface area contributed by atoms with Gasteiger partial charge in [0.15, 0.2) is 5.96 Å². The number of guanidine groups is 1. The first-order valence-electron chi connectivity index (χ1n) is 7.89. The van der Waals surface area contributed by atoms with Crippen molar-refractivity contribution in [3.8, 4) is 0 Å². The highest BCUT2D eigenvalue weighted by molar-refractivity contribution is 7.99. The second kappa shape index (κ2) is 6.36. The minimum atomic E-state index is -0.629. The fourth-order valence-corrected chi connectivity index (χ4v) is 4.26. The molecule has 0 radical (unpaired) electrons. The van der Waals surface area contributed by atoms with E-state index in [1.165, 1.54) is 4.90 Å². The van der Waals surface area contributed by atoms with Gasteiger partial charge in [0.05, 0.1) is 13.1 Å². The van der Waals surface area contributed by atoms with Gasteiger partial charge in [0.25, 0.3) is 5.91 Å². The summed E-state index contributed by atoms with van der Waals surface area (Å²) in [6.07, 6.45) is 3.51. The van der Waals surface area contributed by atoms with Crippen molar-refractivity contribution >= 4 is 29.7 Å². The van der Waals surface area contributed by atoms with Crippen molar-refractivity contribution in [1.29, 1.82) is 0 Å². The van der Waals surface area contributed by atoms with Gasteiger partial charge in [-0.15, -0.1) is 0 Å². The molecule has 1 aliphatic carbocycles. The van der Waals surface area contributed by atoms with Crippen LogP contribution < -0.4 is 11.1 Å². The fraction of sp³-hybridized carbons (Fsp3) is 0.786. The molecule has 2 aliphatic heterocycles. The van der Waals surface area contributed by atoms with Crippen molar-refractivity contribution in [2.45, 2.75) is 31.2 Å². The van der Waals surface area contributed by atoms with Crippen LogP contribution in [0.3, 0.4) is 0 Å². The van der Waals surface area contributed by atoms with Crippen LogP contribution >= 0.6 is 11.8 Å². The molecule has 0 aromatic heterocycles. The summed E-state index contributed by atoms with van der Waals surface area (Å²) in [5, 5.41) is 2.88. The second-order valence-electron chi connectivity index (χ2n) is 6.02. The van der Waals surface area contributed by atoms with Crippen LogP contribution in [0.15, 0.2) is 4.99 Å². The average molecular weight is 325 g/mol. The van der Waals surface area contributed by atoms with E-state index in [9.17, 15) is 9.59 Å². The maximum Gasteiger partial charge on any atom is 0.325 e. The monoisotopic (exact) mass is 325 g/mol. The van der Waals surface area contributed by atoms with E-state index < -0.39 is 5.54 Å². The SMILES string of the molecule is NC(=NCCN1C(=O)NC2(CCCC2)C1=O)N1CCSCC1. The quantitative estimate of drug-likeness (QED) is 0.440. The summed E-state index contributed by atoms with van der Waals surface area (Å²) in [6, 6.07) is -0.282. The molecule has 0 unspecified atom stereocenters. The van der Waals surface area contributed by atoms with Gasteiger partial charge in [-0.05, 0) is 12.8 Å². The predicted octanol–water partition coefficient (Wildman–Crippen LogP) is 0.214. The zero-order valence-corrected chi connectivity index (χ0v) is 13.5. The smallest absolute Gasteiger partial charge is 0.325 e. The molecule has 3 amide bonds. The number of nitrogens with one attached hydrogen (secondary N) is 1. The first-order chi connectivity index (χ1) is 10.6. The van der Waals surface area contributed by atoms with Gasteiger partial charge in [0.1, 0.15) is 5.54 Å². The molecule has 8 heteroatoms. The third-order valence-electron chi connectivity index (χ3n) is 4.64. The Morgan fingerprint density at radius 3 is 2.64 bits per heavy atom. The number of nitrogens with two attached hydrogens (primary N) is 1. The van der Waals surface area contributed by atoms with Crippen LogP contribution in [0.2, 0.25) is 0 Å². The van der Waals surface area contributed by atoms with Gasteiger partial charge in [0.2, 0.25) is 0 Å². The van der Waals surface area contributed by atoms with E-state index in [-0.39, 0.29) is 11.9 Å². The molecule has 2 heterocycles. The van der Waals surface area contributed by atoms with Crippen LogP contribution in [-0.4, -0.2) is 70.9 Å². The summed E-state index contributed by atoms with van der Waals surface area (Å²) in [6.45, 7) is 2.49. The maximum absolute atomic E-state index is 12.5. The largest absolute Gasteiger partial charge is 0.370 e. The van der Waals surface area contributed by atoms with Crippen LogP contribution in [0.25, 0.3) is 0 Å². The number of imide groups is 1. The molecule has 2 saturated heterocycles. The molecular formula is C14H23N5O2S. The van der Waals surface area contributed by atoms with E-state index >= 15 is 0 Å². The Bertz CT molecular complexity index is 484. The summed E-state index contributed by atoms with van der Waals surface area (Å²) in [5.41, 5.74) is 5.35. The summed E-state index contributed by atoms with van der Waals surface area (Å²) < 4.78 is 0. The number of aliphatic imine (C=N–C) groups is 1. The number of carbonyl (C=O) groups excluding carboxylic acids is 2. The Morgan fingerprint density at radius 2 is 1.95 bits per heavy atom. The lowest BCUT2D eigenvalue weighted by molar-refractivity contribution is -0.131. The standard InChI is InChI=1S/C14H23N5O2S/c15-12(18-7-9-22-10-8-18)16-5-6-19-11(20)14(17-13(19)21)3-1-2-4-14/h1-10H2,(H2,15,16)(H,17,21). The van der Waals surface area contributed by atoms with Gasteiger partial charge in [-0.25, -0.2) is 4.79 Å². The molecule has 0 atom stereocenters. The van der Waals surface area contributed by atoms with Crippen LogP contribution in [0.5, 0.6) is 0 Å². The van der Waals surface area contributed by atoms with Crippen LogP contribution in [0, 0.1) is 0 Å². The Balaban J connectivity index is 1.55. The summed E-state index contributed by atoms with van der Waals surface area (Å²) in [7, 11) is 0. The molecular weight excluding hydrogens is 302 g/mol. The number of nitrogens with zero attached hydrogens (tertiary/aromatic N) is 3. The number of urea groups is 1. The minimum Gasteiger partial charge on any atom is -0.370 e. The number of thioether (sulfide) groups is 1. The lowest BCUT2D eigenvalue weighted by atomic mass is 9.98. The van der Waals surface area contributed by atoms with Crippen molar-refractivity contribution in [3.05, 3.63) is 0 Å². The van der Waals surface area contributed by atoms with Gasteiger partial charge < -0.3 is 16.0 Å². The van der Waals surface area contributed by atoms with Crippen molar-refractivity contribution in [1.82, 2.24) is 15.1 Å². The lowest BCUT2D eigenvalue weighted by Crippen LogP contribution is -2.44. The highest BCUT2D eigenvalue weighted by Crippen LogP contribution is 2.34. The molecule has 3 aliphatic rings. The minimum absolute atomic E-state index is 0.0851. The van der Waals surface area contributed by atoms with Crippen molar-refractivity contribution in [3.63, 3.8) is 0 Å². The first kappa shape index (κ1) is 15.5. The Kier molecular flexibility index (Phi) is 4.46. The second-order valence-corrected chi connectivity index (χ2v) is 7.24. The van der Waals surface area contributed by atoms with E-state index in [2.05, 4.69) is 15.2 Å². The predicted molar refractivity (Wildman–Crippen MR) is 86.8 cm³/mol. The third-order valence-corrected chi connectivity index (χ3v) is 5.58. The number of carbonyl (C=O) groups is 2. The number of hydrogen-bond acceptors (Lipinski definition) is 4. The van der Waals surface area contributed by atoms with E-state index in [1.807, 2.05) is 11.8 Å². The summed E-state index contributed by atoms with van der Waals surface area (Å²) >= 11 is 1.91. The molecule has 7 nitrogen and oxygen atoms in total. The summed E-state index contributed by atoms with van der Waals surface area (Å²) in [4.78, 5) is 32.2. The molecule has 0 bridgehead atoms. The van der Waals surface area contributed by atoms with E-state index in [0.29, 0.717) is 19.0 Å². The normalized spacial score (nSPS) is 25.2. The van der Waals surface area contributed by atoms with Crippen molar-refractivity contribution < 1.29 is 9.59 Å². The van der Waals surface area contributed by atoms with Gasteiger partial charge in [-0.1, -0.05) is 12.8 Å². The van der Waals surface area contributed by atoms with Gasteiger partial charge in [-0.3, -0.25) is 14.7 Å². The topological polar surface area (TPSA) is 91.0 Å².